The second-order valence-corrected chi connectivity index (χ2v) is 35.3. The highest BCUT2D eigenvalue weighted by molar-refractivity contribution is 6.89. The van der Waals surface area contributed by atoms with E-state index in [0.717, 1.165) is 34.1 Å². The van der Waals surface area contributed by atoms with Gasteiger partial charge in [0.15, 0.2) is 0 Å². The molecule has 0 N–H and O–H groups in total. The lowest BCUT2D eigenvalue weighted by molar-refractivity contribution is 0.590. The van der Waals surface area contributed by atoms with Crippen molar-refractivity contribution >= 4 is 82.2 Å². The molecule has 0 aliphatic heterocycles. The van der Waals surface area contributed by atoms with E-state index in [9.17, 15) is 0 Å². The minimum Gasteiger partial charge on any atom is -0.310 e. The molecule has 1 aliphatic rings. The maximum absolute atomic E-state index is 2.53. The average Bonchev–Trinajstić information content (AvgIpc) is 3.80. The van der Waals surface area contributed by atoms with Crippen LogP contribution in [0, 0.1) is 0 Å². The van der Waals surface area contributed by atoms with Crippen LogP contribution in [0.15, 0.2) is 218 Å². The van der Waals surface area contributed by atoms with Gasteiger partial charge in [-0.25, -0.2) is 0 Å². The van der Waals surface area contributed by atoms with Crippen molar-refractivity contribution < 1.29 is 0 Å². The van der Waals surface area contributed by atoms with E-state index in [1.165, 1.54) is 76.4 Å². The zero-order valence-corrected chi connectivity index (χ0v) is 48.2. The Morgan fingerprint density at radius 2 is 0.707 bits per heavy atom. The Morgan fingerprint density at radius 1 is 0.333 bits per heavy atom. The van der Waals surface area contributed by atoms with E-state index in [0.29, 0.717) is 0 Å². The van der Waals surface area contributed by atoms with Gasteiger partial charge in [-0.1, -0.05) is 237 Å². The van der Waals surface area contributed by atoms with Gasteiger partial charge in [-0.3, -0.25) is 0 Å². The summed E-state index contributed by atoms with van der Waals surface area (Å²) in [5.41, 5.74) is 16.6. The maximum atomic E-state index is 2.53. The molecule has 0 bridgehead atoms. The van der Waals surface area contributed by atoms with E-state index in [4.69, 9.17) is 0 Å². The molecule has 0 aromatic heterocycles. The van der Waals surface area contributed by atoms with Crippen LogP contribution < -0.4 is 20.2 Å². The second kappa shape index (κ2) is 18.5. The lowest BCUT2D eigenvalue weighted by Gasteiger charge is -2.36. The van der Waals surface area contributed by atoms with Crippen LogP contribution in [0.2, 0.25) is 39.3 Å². The van der Waals surface area contributed by atoms with Gasteiger partial charge in [0.2, 0.25) is 0 Å². The minimum absolute atomic E-state index is 0.0356. The summed E-state index contributed by atoms with van der Waals surface area (Å²) < 4.78 is 0. The molecular weight excluding hydrogens is 937 g/mol. The van der Waals surface area contributed by atoms with Crippen molar-refractivity contribution in [2.24, 2.45) is 0 Å². The zero-order chi connectivity index (χ0) is 52.7. The highest BCUT2D eigenvalue weighted by Crippen LogP contribution is 2.61. The molecule has 0 saturated carbocycles. The van der Waals surface area contributed by atoms with Gasteiger partial charge < -0.3 is 9.80 Å². The van der Waals surface area contributed by atoms with Gasteiger partial charge in [-0.15, -0.1) is 0 Å². The fraction of sp³-hybridized carbons (Fsp3) is 0.211. The SMILES string of the molecule is CC(C)(C)c1ccc(N(c2ccc([Si](C)(C)C)cc2)c2ccc3c(c2)C(c2ccccc2)(c2ccccc2)c2c-3c3ccccc3c3cc(N(c4ccc(C(C)(C)C)cc4)c4ccc([Si](C)(C)C)cc4)ccc23)cc1. The van der Waals surface area contributed by atoms with Crippen LogP contribution >= 0.6 is 0 Å². The van der Waals surface area contributed by atoms with E-state index in [1.807, 2.05) is 0 Å². The molecule has 0 unspecified atom stereocenters. The second-order valence-electron chi connectivity index (χ2n) is 25.1. The summed E-state index contributed by atoms with van der Waals surface area (Å²) in [6, 6.07) is 83.8. The zero-order valence-electron chi connectivity index (χ0n) is 46.2. The van der Waals surface area contributed by atoms with Crippen molar-refractivity contribution in [3.63, 3.8) is 0 Å². The van der Waals surface area contributed by atoms with E-state index in [1.54, 1.807) is 0 Å². The van der Waals surface area contributed by atoms with Crippen LogP contribution in [-0.4, -0.2) is 16.1 Å². The Kier molecular flexibility index (Phi) is 12.3. The van der Waals surface area contributed by atoms with Gasteiger partial charge in [0, 0.05) is 34.1 Å². The van der Waals surface area contributed by atoms with Crippen LogP contribution in [-0.2, 0) is 16.2 Å². The van der Waals surface area contributed by atoms with Crippen LogP contribution in [0.25, 0.3) is 32.7 Å². The largest absolute Gasteiger partial charge is 0.310 e. The summed E-state index contributed by atoms with van der Waals surface area (Å²) in [4.78, 5) is 4.94. The van der Waals surface area contributed by atoms with E-state index >= 15 is 0 Å². The smallest absolute Gasteiger partial charge is 0.0775 e. The van der Waals surface area contributed by atoms with Crippen LogP contribution in [0.4, 0.5) is 34.1 Å². The standard InChI is InChI=1S/C71H72N2Si2/c1-69(2,3)49-27-31-53(32-28-49)72(55-35-41-59(42-36-55)74(7,8)9)57-39-45-63-65(47-57)61-25-19-20-26-62(61)67-64-46-40-58(48-66(64)71(68(63)67,51-21-15-13-16-22-51)52-23-17-14-18-24-52)73(54-33-29-50(30-34-54)70(4,5)6)56-37-43-60(44-38-56)75(10,11)12/h13-48H,1-12H3. The molecule has 10 aromatic carbocycles. The third-order valence-corrected chi connectivity index (χ3v) is 20.1. The third-order valence-electron chi connectivity index (χ3n) is 16.0. The topological polar surface area (TPSA) is 6.48 Å². The van der Waals surface area contributed by atoms with E-state index in [-0.39, 0.29) is 10.8 Å². The molecule has 0 saturated heterocycles. The van der Waals surface area contributed by atoms with Crippen molar-refractivity contribution in [1.29, 1.82) is 0 Å². The first-order valence-electron chi connectivity index (χ1n) is 27.0. The molecule has 0 spiro atoms. The van der Waals surface area contributed by atoms with Crippen LogP contribution in [0.3, 0.4) is 0 Å². The molecule has 1 aliphatic carbocycles. The Balaban J connectivity index is 1.20. The van der Waals surface area contributed by atoms with Gasteiger partial charge in [0.05, 0.1) is 21.6 Å². The number of hydrogen-bond donors (Lipinski definition) is 0. The molecule has 2 nitrogen and oxygen atoms in total. The van der Waals surface area contributed by atoms with Crippen molar-refractivity contribution in [2.75, 3.05) is 9.80 Å². The Hall–Kier alpha value is -7.25. The summed E-state index contributed by atoms with van der Waals surface area (Å²) >= 11 is 0. The molecule has 0 atom stereocenters. The van der Waals surface area contributed by atoms with Crippen molar-refractivity contribution in [1.82, 2.24) is 0 Å². The molecule has 75 heavy (non-hydrogen) atoms. The molecule has 10 aromatic rings. The lowest BCUT2D eigenvalue weighted by Crippen LogP contribution is -2.37. The maximum Gasteiger partial charge on any atom is 0.0775 e. The summed E-state index contributed by atoms with van der Waals surface area (Å²) in [7, 11) is -3.08. The predicted octanol–water partition coefficient (Wildman–Crippen LogP) is 19.0. The normalized spacial score (nSPS) is 13.4. The number of nitrogens with zero attached hydrogens (tertiary/aromatic N) is 2. The summed E-state index contributed by atoms with van der Waals surface area (Å²) in [5.74, 6) is 0. The van der Waals surface area contributed by atoms with Gasteiger partial charge in [0.25, 0.3) is 0 Å². The lowest BCUT2D eigenvalue weighted by atomic mass is 9.66. The van der Waals surface area contributed by atoms with Crippen LogP contribution in [0.1, 0.15) is 74.9 Å². The molecule has 0 radical (unpaired) electrons. The number of fused-ring (bicyclic) bond motifs is 8. The number of hydrogen-bond acceptors (Lipinski definition) is 2. The summed E-state index contributed by atoms with van der Waals surface area (Å²) in [6.45, 7) is 28.3. The Bertz CT molecular complexity index is 3550. The van der Waals surface area contributed by atoms with Crippen molar-refractivity contribution in [3.05, 3.63) is 252 Å². The molecule has 374 valence electrons. The number of rotatable bonds is 10. The van der Waals surface area contributed by atoms with E-state index in [2.05, 4.69) is 309 Å². The molecular formula is C71H72N2Si2. The minimum atomic E-state index is -1.55. The first-order chi connectivity index (χ1) is 35.7. The van der Waals surface area contributed by atoms with Crippen molar-refractivity contribution in [3.8, 4) is 11.1 Å². The fourth-order valence-electron chi connectivity index (χ4n) is 11.8. The summed E-state index contributed by atoms with van der Waals surface area (Å²) in [5, 5.41) is 7.92. The van der Waals surface area contributed by atoms with E-state index < -0.39 is 21.6 Å². The fourth-order valence-corrected chi connectivity index (χ4v) is 14.1. The van der Waals surface area contributed by atoms with Gasteiger partial charge in [0.1, 0.15) is 0 Å². The number of benzene rings is 10. The monoisotopic (exact) mass is 1010 g/mol. The van der Waals surface area contributed by atoms with Gasteiger partial charge >= 0.3 is 0 Å². The molecule has 0 amide bonds. The quantitative estimate of drug-likeness (QED) is 0.0995. The highest BCUT2D eigenvalue weighted by atomic mass is 28.3. The molecule has 0 fully saturated rings. The highest BCUT2D eigenvalue weighted by Gasteiger charge is 2.48. The molecule has 4 heteroatoms. The number of anilines is 6. The Morgan fingerprint density at radius 3 is 1.13 bits per heavy atom. The Labute approximate surface area is 449 Å². The molecule has 11 rings (SSSR count). The average molecular weight is 1010 g/mol. The predicted molar refractivity (Wildman–Crippen MR) is 331 cm³/mol. The van der Waals surface area contributed by atoms with Gasteiger partial charge in [-0.05, 0) is 150 Å². The van der Waals surface area contributed by atoms with Gasteiger partial charge in [-0.2, -0.15) is 0 Å². The van der Waals surface area contributed by atoms with Crippen LogP contribution in [0.5, 0.6) is 0 Å². The summed E-state index contributed by atoms with van der Waals surface area (Å²) in [6.07, 6.45) is 0. The first-order valence-corrected chi connectivity index (χ1v) is 34.0. The first kappa shape index (κ1) is 49.9. The van der Waals surface area contributed by atoms with Crippen molar-refractivity contribution in [2.45, 2.75) is 97.1 Å². The third kappa shape index (κ3) is 8.86. The molecule has 0 heterocycles.